The second kappa shape index (κ2) is 8.13. The number of aliphatic imine (C=N–C) groups is 1. The molecule has 9 heteroatoms. The van der Waals surface area contributed by atoms with Crippen LogP contribution in [0.2, 0.25) is 0 Å². The van der Waals surface area contributed by atoms with Crippen LogP contribution in [0.3, 0.4) is 0 Å². The van der Waals surface area contributed by atoms with Crippen LogP contribution in [0.4, 0.5) is 5.69 Å². The predicted octanol–water partition coefficient (Wildman–Crippen LogP) is 3.72. The predicted molar refractivity (Wildman–Crippen MR) is 119 cm³/mol. The van der Waals surface area contributed by atoms with Crippen LogP contribution in [0.15, 0.2) is 80.0 Å². The lowest BCUT2D eigenvalue weighted by Crippen LogP contribution is -2.11. The Balaban J connectivity index is 1.56. The Bertz CT molecular complexity index is 1390. The van der Waals surface area contributed by atoms with Gasteiger partial charge in [-0.2, -0.15) is 0 Å². The Labute approximate surface area is 176 Å². The molecule has 0 radical (unpaired) electrons. The minimum Gasteiger partial charge on any atom is -0.494 e. The fourth-order valence-electron chi connectivity index (χ4n) is 3.01. The van der Waals surface area contributed by atoms with Gasteiger partial charge < -0.3 is 5.11 Å². The van der Waals surface area contributed by atoms with Crippen LogP contribution in [0.5, 0.6) is 5.88 Å². The lowest BCUT2D eigenvalue weighted by molar-refractivity contribution is 0.452. The zero-order chi connectivity index (χ0) is 21.1. The van der Waals surface area contributed by atoms with E-state index in [1.807, 2.05) is 6.07 Å². The first kappa shape index (κ1) is 19.9. The molecule has 4 rings (SSSR count). The Morgan fingerprint density at radius 3 is 2.63 bits per heavy atom. The van der Waals surface area contributed by atoms with E-state index in [-0.39, 0.29) is 22.2 Å². The van der Waals surface area contributed by atoms with Gasteiger partial charge in [-0.15, -0.1) is 11.3 Å². The van der Waals surface area contributed by atoms with E-state index >= 15 is 0 Å². The number of hydrogen-bond acceptors (Lipinski definition) is 6. The van der Waals surface area contributed by atoms with Crippen molar-refractivity contribution in [1.29, 1.82) is 0 Å². The highest BCUT2D eigenvalue weighted by Gasteiger charge is 2.15. The molecule has 0 fully saturated rings. The Hall–Kier alpha value is -3.43. The standard InChI is InChI=1S/C21H17N3O4S2/c25-20-17-8-2-1-7-16(17)18(21(26)23-20)13-22-12-14-5-3-6-15(11-14)24-30(27,28)19-9-4-10-29-19/h1-11,13,24H,12H2,(H2,23,25,26). The van der Waals surface area contributed by atoms with Crippen LogP contribution >= 0.6 is 11.3 Å². The van der Waals surface area contributed by atoms with Crippen LogP contribution < -0.4 is 10.3 Å². The summed E-state index contributed by atoms with van der Waals surface area (Å²) in [4.78, 5) is 18.7. The molecule has 2 heterocycles. The Kier molecular flexibility index (Phi) is 5.39. The maximum Gasteiger partial charge on any atom is 0.271 e. The first-order valence-electron chi connectivity index (χ1n) is 8.93. The smallest absolute Gasteiger partial charge is 0.271 e. The molecular formula is C21H17N3O4S2. The lowest BCUT2D eigenvalue weighted by atomic mass is 10.1. The number of aromatic amines is 1. The van der Waals surface area contributed by atoms with Gasteiger partial charge in [-0.1, -0.05) is 36.4 Å². The summed E-state index contributed by atoms with van der Waals surface area (Å²) in [6.07, 6.45) is 1.50. The highest BCUT2D eigenvalue weighted by Crippen LogP contribution is 2.22. The lowest BCUT2D eigenvalue weighted by Gasteiger charge is -2.07. The number of thiophene rings is 1. The number of aromatic nitrogens is 1. The van der Waals surface area contributed by atoms with E-state index in [2.05, 4.69) is 14.7 Å². The van der Waals surface area contributed by atoms with Gasteiger partial charge in [-0.3, -0.25) is 19.5 Å². The highest BCUT2D eigenvalue weighted by atomic mass is 32.2. The molecule has 30 heavy (non-hydrogen) atoms. The van der Waals surface area contributed by atoms with Crippen molar-refractivity contribution in [3.63, 3.8) is 0 Å². The number of anilines is 1. The van der Waals surface area contributed by atoms with E-state index in [1.165, 1.54) is 6.21 Å². The summed E-state index contributed by atoms with van der Waals surface area (Å²) in [6, 6.07) is 17.1. The molecule has 4 aromatic rings. The highest BCUT2D eigenvalue weighted by molar-refractivity contribution is 7.94. The molecule has 3 N–H and O–H groups in total. The maximum atomic E-state index is 12.4. The van der Waals surface area contributed by atoms with E-state index in [4.69, 9.17) is 0 Å². The summed E-state index contributed by atoms with van der Waals surface area (Å²) in [5.74, 6) is -0.250. The number of benzene rings is 2. The topological polar surface area (TPSA) is 112 Å². The number of fused-ring (bicyclic) bond motifs is 1. The molecular weight excluding hydrogens is 422 g/mol. The second-order valence-corrected chi connectivity index (χ2v) is 9.33. The molecule has 0 aliphatic heterocycles. The van der Waals surface area contributed by atoms with Crippen LogP contribution in [0.1, 0.15) is 11.1 Å². The quantitative estimate of drug-likeness (QED) is 0.398. The number of H-pyrrole nitrogens is 1. The third kappa shape index (κ3) is 4.12. The van der Waals surface area contributed by atoms with Crippen molar-refractivity contribution in [2.45, 2.75) is 10.8 Å². The third-order valence-corrected chi connectivity index (χ3v) is 7.16. The SMILES string of the molecule is O=c1[nH]c(O)c(C=NCc2cccc(NS(=O)(=O)c3cccs3)c2)c2ccccc12. The molecule has 7 nitrogen and oxygen atoms in total. The minimum atomic E-state index is -3.62. The zero-order valence-electron chi connectivity index (χ0n) is 15.6. The Morgan fingerprint density at radius 1 is 1.07 bits per heavy atom. The third-order valence-electron chi connectivity index (χ3n) is 4.38. The van der Waals surface area contributed by atoms with Gasteiger partial charge >= 0.3 is 0 Å². The summed E-state index contributed by atoms with van der Waals surface area (Å²) >= 11 is 1.15. The van der Waals surface area contributed by atoms with Gasteiger partial charge in [0, 0.05) is 22.7 Å². The molecule has 0 aliphatic carbocycles. The van der Waals surface area contributed by atoms with Crippen molar-refractivity contribution in [3.05, 3.63) is 87.5 Å². The van der Waals surface area contributed by atoms with E-state index in [9.17, 15) is 18.3 Å². The van der Waals surface area contributed by atoms with Gasteiger partial charge in [0.15, 0.2) is 0 Å². The first-order valence-corrected chi connectivity index (χ1v) is 11.3. The second-order valence-electron chi connectivity index (χ2n) is 6.47. The number of pyridine rings is 1. The summed E-state index contributed by atoms with van der Waals surface area (Å²) in [5.41, 5.74) is 1.27. The maximum absolute atomic E-state index is 12.4. The minimum absolute atomic E-state index is 0.242. The molecule has 0 aliphatic rings. The zero-order valence-corrected chi connectivity index (χ0v) is 17.2. The summed E-state index contributed by atoms with van der Waals surface area (Å²) in [6.45, 7) is 0.265. The van der Waals surface area contributed by atoms with Gasteiger partial charge in [0.2, 0.25) is 5.88 Å². The monoisotopic (exact) mass is 439 g/mol. The van der Waals surface area contributed by atoms with Crippen molar-refractivity contribution in [1.82, 2.24) is 4.98 Å². The average Bonchev–Trinajstić information content (AvgIpc) is 3.26. The van der Waals surface area contributed by atoms with Crippen molar-refractivity contribution < 1.29 is 13.5 Å². The number of aromatic hydroxyl groups is 1. The fourth-order valence-corrected chi connectivity index (χ4v) is 5.06. The van der Waals surface area contributed by atoms with Crippen LogP contribution in [0.25, 0.3) is 10.8 Å². The molecule has 0 spiro atoms. The van der Waals surface area contributed by atoms with E-state index in [1.54, 1.807) is 60.0 Å². The molecule has 152 valence electrons. The van der Waals surface area contributed by atoms with Crippen LogP contribution in [0, 0.1) is 0 Å². The molecule has 2 aromatic heterocycles. The van der Waals surface area contributed by atoms with Crippen LogP contribution in [-0.4, -0.2) is 24.7 Å². The number of hydrogen-bond donors (Lipinski definition) is 3. The van der Waals surface area contributed by atoms with E-state index < -0.39 is 10.0 Å². The number of nitrogens with one attached hydrogen (secondary N) is 2. The molecule has 0 saturated carbocycles. The van der Waals surface area contributed by atoms with Crippen molar-refractivity contribution in [2.24, 2.45) is 4.99 Å². The van der Waals surface area contributed by atoms with Crippen molar-refractivity contribution in [3.8, 4) is 5.88 Å². The van der Waals surface area contributed by atoms with E-state index in [0.717, 1.165) is 16.9 Å². The van der Waals surface area contributed by atoms with Gasteiger partial charge in [0.05, 0.1) is 12.1 Å². The Morgan fingerprint density at radius 2 is 1.87 bits per heavy atom. The van der Waals surface area contributed by atoms with Gasteiger partial charge in [0.25, 0.3) is 15.6 Å². The van der Waals surface area contributed by atoms with Gasteiger partial charge in [-0.25, -0.2) is 8.42 Å². The van der Waals surface area contributed by atoms with Crippen LogP contribution in [-0.2, 0) is 16.6 Å². The van der Waals surface area contributed by atoms with E-state index in [0.29, 0.717) is 22.0 Å². The molecule has 0 amide bonds. The van der Waals surface area contributed by atoms with Crippen molar-refractivity contribution >= 4 is 44.0 Å². The number of sulfonamides is 1. The summed E-state index contributed by atoms with van der Waals surface area (Å²) in [7, 11) is -3.62. The molecule has 2 aromatic carbocycles. The van der Waals surface area contributed by atoms with Gasteiger partial charge in [0.1, 0.15) is 4.21 Å². The summed E-state index contributed by atoms with van der Waals surface area (Å²) < 4.78 is 27.6. The normalized spacial score (nSPS) is 11.9. The fraction of sp³-hybridized carbons (Fsp3) is 0.0476. The largest absolute Gasteiger partial charge is 0.494 e. The van der Waals surface area contributed by atoms with Crippen molar-refractivity contribution in [2.75, 3.05) is 4.72 Å². The molecule has 0 bridgehead atoms. The number of rotatable bonds is 6. The molecule has 0 atom stereocenters. The molecule has 0 unspecified atom stereocenters. The average molecular weight is 440 g/mol. The first-order chi connectivity index (χ1) is 14.4. The molecule has 0 saturated heterocycles. The summed E-state index contributed by atoms with van der Waals surface area (Å²) in [5, 5.41) is 12.9. The number of nitrogens with zero attached hydrogens (tertiary/aromatic N) is 1. The van der Waals surface area contributed by atoms with Gasteiger partial charge in [-0.05, 0) is 35.2 Å².